The molecule has 1 atom stereocenters. The van der Waals surface area contributed by atoms with E-state index >= 15 is 0 Å². The van der Waals surface area contributed by atoms with Crippen LogP contribution in [0, 0.1) is 0 Å². The lowest BCUT2D eigenvalue weighted by Gasteiger charge is -2.49. The van der Waals surface area contributed by atoms with Gasteiger partial charge >= 0.3 is 0 Å². The third-order valence-corrected chi connectivity index (χ3v) is 3.30. The average molecular weight is 182 g/mol. The van der Waals surface area contributed by atoms with Gasteiger partial charge in [-0.05, 0) is 39.7 Å². The van der Waals surface area contributed by atoms with Crippen molar-refractivity contribution in [2.24, 2.45) is 0 Å². The molecule has 3 nitrogen and oxygen atoms in total. The van der Waals surface area contributed by atoms with Crippen LogP contribution in [-0.2, 0) is 4.79 Å². The van der Waals surface area contributed by atoms with E-state index in [-0.39, 0.29) is 11.6 Å². The molecule has 0 aliphatic carbocycles. The largest absolute Gasteiger partial charge is 0.336 e. The second kappa shape index (κ2) is 2.98. The summed E-state index contributed by atoms with van der Waals surface area (Å²) in [4.78, 5) is 13.9. The maximum absolute atomic E-state index is 11.9. The fourth-order valence-corrected chi connectivity index (χ4v) is 2.16. The van der Waals surface area contributed by atoms with E-state index in [9.17, 15) is 4.79 Å². The molecular formula is C10H18N2O. The van der Waals surface area contributed by atoms with Crippen molar-refractivity contribution in [3.63, 3.8) is 0 Å². The summed E-state index contributed by atoms with van der Waals surface area (Å²) in [5.74, 6) is 0.314. The Bertz CT molecular complexity index is 219. The van der Waals surface area contributed by atoms with Crippen molar-refractivity contribution in [2.75, 3.05) is 13.1 Å². The van der Waals surface area contributed by atoms with Crippen molar-refractivity contribution in [1.29, 1.82) is 0 Å². The molecule has 0 bridgehead atoms. The first kappa shape index (κ1) is 9.00. The molecule has 2 heterocycles. The van der Waals surface area contributed by atoms with Crippen LogP contribution >= 0.6 is 0 Å². The maximum Gasteiger partial charge on any atom is 0.240 e. The molecule has 74 valence electrons. The SMILES string of the molecule is CC1(C)CCN1C(=O)C1CCCN1. The Labute approximate surface area is 79.5 Å². The Balaban J connectivity index is 1.97. The number of carbonyl (C=O) groups excluding carboxylic acids is 1. The quantitative estimate of drug-likeness (QED) is 0.649. The second-order valence-corrected chi connectivity index (χ2v) is 4.70. The molecule has 2 aliphatic rings. The minimum atomic E-state index is 0.111. The van der Waals surface area contributed by atoms with Gasteiger partial charge in [0.05, 0.1) is 6.04 Å². The van der Waals surface area contributed by atoms with E-state index in [0.717, 1.165) is 32.4 Å². The standard InChI is InChI=1S/C10H18N2O/c1-10(2)5-7-12(10)9(13)8-4-3-6-11-8/h8,11H,3-7H2,1-2H3. The Kier molecular flexibility index (Phi) is 2.06. The fourth-order valence-electron chi connectivity index (χ4n) is 2.16. The van der Waals surface area contributed by atoms with Crippen LogP contribution < -0.4 is 5.32 Å². The lowest BCUT2D eigenvalue weighted by atomic mass is 9.88. The van der Waals surface area contributed by atoms with Crippen LogP contribution in [0.3, 0.4) is 0 Å². The molecule has 0 saturated carbocycles. The molecule has 13 heavy (non-hydrogen) atoms. The molecule has 0 aromatic heterocycles. The van der Waals surface area contributed by atoms with E-state index in [4.69, 9.17) is 0 Å². The molecule has 1 unspecified atom stereocenters. The van der Waals surface area contributed by atoms with E-state index in [2.05, 4.69) is 19.2 Å². The summed E-state index contributed by atoms with van der Waals surface area (Å²) >= 11 is 0. The number of likely N-dealkylation sites (tertiary alicyclic amines) is 1. The van der Waals surface area contributed by atoms with Crippen LogP contribution in [0.5, 0.6) is 0 Å². The van der Waals surface area contributed by atoms with Gasteiger partial charge in [0.2, 0.25) is 5.91 Å². The zero-order valence-corrected chi connectivity index (χ0v) is 8.47. The van der Waals surface area contributed by atoms with Crippen LogP contribution in [-0.4, -0.2) is 35.5 Å². The third kappa shape index (κ3) is 1.46. The highest BCUT2D eigenvalue weighted by molar-refractivity contribution is 5.83. The van der Waals surface area contributed by atoms with Gasteiger partial charge in [0, 0.05) is 12.1 Å². The molecule has 2 rings (SSSR count). The first-order valence-corrected chi connectivity index (χ1v) is 5.16. The van der Waals surface area contributed by atoms with Gasteiger partial charge in [-0.2, -0.15) is 0 Å². The molecule has 2 aliphatic heterocycles. The average Bonchev–Trinajstić information content (AvgIpc) is 2.54. The predicted molar refractivity (Wildman–Crippen MR) is 51.4 cm³/mol. The topological polar surface area (TPSA) is 32.3 Å². The first-order valence-electron chi connectivity index (χ1n) is 5.16. The molecule has 1 N–H and O–H groups in total. The van der Waals surface area contributed by atoms with Crippen LogP contribution in [0.2, 0.25) is 0 Å². The van der Waals surface area contributed by atoms with Crippen LogP contribution in [0.4, 0.5) is 0 Å². The smallest absolute Gasteiger partial charge is 0.240 e. The monoisotopic (exact) mass is 182 g/mol. The minimum absolute atomic E-state index is 0.111. The number of hydrogen-bond donors (Lipinski definition) is 1. The maximum atomic E-state index is 11.9. The number of nitrogens with one attached hydrogen (secondary N) is 1. The number of nitrogens with zero attached hydrogens (tertiary/aromatic N) is 1. The van der Waals surface area contributed by atoms with Crippen LogP contribution in [0.15, 0.2) is 0 Å². The van der Waals surface area contributed by atoms with Crippen molar-refractivity contribution >= 4 is 5.91 Å². The van der Waals surface area contributed by atoms with Gasteiger partial charge in [0.1, 0.15) is 0 Å². The number of carbonyl (C=O) groups is 1. The molecule has 1 amide bonds. The Hall–Kier alpha value is -0.570. The van der Waals surface area contributed by atoms with Crippen molar-refractivity contribution in [2.45, 2.75) is 44.7 Å². The fraction of sp³-hybridized carbons (Fsp3) is 0.900. The molecule has 0 spiro atoms. The highest BCUT2D eigenvalue weighted by Crippen LogP contribution is 2.30. The Morgan fingerprint density at radius 2 is 2.31 bits per heavy atom. The molecule has 0 radical (unpaired) electrons. The summed E-state index contributed by atoms with van der Waals surface area (Å²) in [5.41, 5.74) is 0.112. The number of rotatable bonds is 1. The van der Waals surface area contributed by atoms with Gasteiger partial charge < -0.3 is 10.2 Å². The predicted octanol–water partition coefficient (Wildman–Crippen LogP) is 0.749. The summed E-state index contributed by atoms with van der Waals surface area (Å²) in [6, 6.07) is 0.111. The lowest BCUT2D eigenvalue weighted by Crippen LogP contribution is -2.61. The van der Waals surface area contributed by atoms with Crippen molar-refractivity contribution in [3.8, 4) is 0 Å². The first-order chi connectivity index (χ1) is 6.11. The van der Waals surface area contributed by atoms with Crippen molar-refractivity contribution in [1.82, 2.24) is 10.2 Å². The van der Waals surface area contributed by atoms with Crippen LogP contribution in [0.1, 0.15) is 33.1 Å². The van der Waals surface area contributed by atoms with Gasteiger partial charge in [0.25, 0.3) is 0 Å². The van der Waals surface area contributed by atoms with Gasteiger partial charge in [-0.1, -0.05) is 0 Å². The lowest BCUT2D eigenvalue weighted by molar-refractivity contribution is -0.146. The highest BCUT2D eigenvalue weighted by atomic mass is 16.2. The van der Waals surface area contributed by atoms with Crippen molar-refractivity contribution in [3.05, 3.63) is 0 Å². The molecule has 0 aromatic carbocycles. The number of amides is 1. The van der Waals surface area contributed by atoms with E-state index in [0.29, 0.717) is 5.91 Å². The zero-order chi connectivity index (χ0) is 9.47. The minimum Gasteiger partial charge on any atom is -0.336 e. The summed E-state index contributed by atoms with van der Waals surface area (Å²) < 4.78 is 0. The Morgan fingerprint density at radius 1 is 1.54 bits per heavy atom. The van der Waals surface area contributed by atoms with E-state index in [1.165, 1.54) is 0 Å². The zero-order valence-electron chi connectivity index (χ0n) is 8.47. The normalized spacial score (nSPS) is 31.5. The Morgan fingerprint density at radius 3 is 2.69 bits per heavy atom. The van der Waals surface area contributed by atoms with Gasteiger partial charge in [-0.25, -0.2) is 0 Å². The van der Waals surface area contributed by atoms with Gasteiger partial charge in [-0.15, -0.1) is 0 Å². The summed E-state index contributed by atoms with van der Waals surface area (Å²) in [6.07, 6.45) is 3.31. The summed E-state index contributed by atoms with van der Waals surface area (Å²) in [7, 11) is 0. The van der Waals surface area contributed by atoms with E-state index in [1.807, 2.05) is 4.90 Å². The second-order valence-electron chi connectivity index (χ2n) is 4.70. The van der Waals surface area contributed by atoms with E-state index < -0.39 is 0 Å². The molecule has 0 aromatic rings. The third-order valence-electron chi connectivity index (χ3n) is 3.30. The van der Waals surface area contributed by atoms with Crippen LogP contribution in [0.25, 0.3) is 0 Å². The molecule has 2 saturated heterocycles. The van der Waals surface area contributed by atoms with Gasteiger partial charge in [-0.3, -0.25) is 4.79 Å². The highest BCUT2D eigenvalue weighted by Gasteiger charge is 2.41. The number of hydrogen-bond acceptors (Lipinski definition) is 2. The summed E-state index contributed by atoms with van der Waals surface area (Å²) in [5, 5.41) is 3.25. The molecule has 3 heteroatoms. The van der Waals surface area contributed by atoms with Gasteiger partial charge in [0.15, 0.2) is 0 Å². The van der Waals surface area contributed by atoms with Crippen molar-refractivity contribution < 1.29 is 4.79 Å². The summed E-state index contributed by atoms with van der Waals surface area (Å²) in [6.45, 7) is 6.24. The molecule has 2 fully saturated rings. The van der Waals surface area contributed by atoms with E-state index in [1.54, 1.807) is 0 Å². The molecular weight excluding hydrogens is 164 g/mol.